The zero-order valence-corrected chi connectivity index (χ0v) is 19.2. The van der Waals surface area contributed by atoms with Gasteiger partial charge in [0.2, 0.25) is 0 Å². The number of carbonyl (C=O) groups excluding carboxylic acids is 1. The van der Waals surface area contributed by atoms with Gasteiger partial charge >= 0.3 is 5.97 Å². The van der Waals surface area contributed by atoms with E-state index in [-0.39, 0.29) is 11.7 Å². The highest BCUT2D eigenvalue weighted by Crippen LogP contribution is 2.38. The van der Waals surface area contributed by atoms with Crippen LogP contribution in [0, 0.1) is 13.8 Å². The van der Waals surface area contributed by atoms with Crippen molar-refractivity contribution in [2.45, 2.75) is 27.3 Å². The maximum absolute atomic E-state index is 12.4. The molecule has 0 aliphatic rings. The van der Waals surface area contributed by atoms with Crippen LogP contribution in [0.2, 0.25) is 0 Å². The first-order valence-electron chi connectivity index (χ1n) is 10.3. The zero-order chi connectivity index (χ0) is 22.8. The Kier molecular flexibility index (Phi) is 6.05. The van der Waals surface area contributed by atoms with Crippen molar-refractivity contribution in [2.24, 2.45) is 0 Å². The van der Waals surface area contributed by atoms with E-state index < -0.39 is 0 Å². The molecule has 8 heteroatoms. The van der Waals surface area contributed by atoms with Crippen molar-refractivity contribution >= 4 is 28.1 Å². The second-order valence-corrected chi connectivity index (χ2v) is 8.37. The summed E-state index contributed by atoms with van der Waals surface area (Å²) in [6.45, 7) is 6.63. The number of phenols is 1. The number of esters is 1. The predicted octanol–water partition coefficient (Wildman–Crippen LogP) is 5.18. The fraction of sp³-hybridized carbons (Fsp3) is 0.250. The average Bonchev–Trinajstić information content (AvgIpc) is 3.30. The van der Waals surface area contributed by atoms with E-state index in [1.54, 1.807) is 25.1 Å². The number of thiazole rings is 1. The van der Waals surface area contributed by atoms with Crippen LogP contribution in [-0.4, -0.2) is 34.2 Å². The minimum atomic E-state index is -0.349. The van der Waals surface area contributed by atoms with E-state index in [0.717, 1.165) is 22.6 Å². The molecule has 7 nitrogen and oxygen atoms in total. The Morgan fingerprint density at radius 3 is 2.62 bits per heavy atom. The van der Waals surface area contributed by atoms with E-state index in [2.05, 4.69) is 36.5 Å². The lowest BCUT2D eigenvalue weighted by atomic mass is 10.1. The predicted molar refractivity (Wildman–Crippen MR) is 126 cm³/mol. The summed E-state index contributed by atoms with van der Waals surface area (Å²) in [5, 5.41) is 13.5. The monoisotopic (exact) mass is 451 g/mol. The molecule has 32 heavy (non-hydrogen) atoms. The molecule has 4 rings (SSSR count). The third-order valence-corrected chi connectivity index (χ3v) is 6.32. The van der Waals surface area contributed by atoms with E-state index in [9.17, 15) is 9.90 Å². The molecule has 0 aliphatic carbocycles. The first kappa shape index (κ1) is 21.7. The highest BCUT2D eigenvalue weighted by Gasteiger charge is 2.24. The largest absolute Gasteiger partial charge is 0.504 e. The Labute approximate surface area is 190 Å². The molecule has 0 atom stereocenters. The normalized spacial score (nSPS) is 11.0. The average molecular weight is 452 g/mol. The maximum Gasteiger partial charge on any atom is 0.350 e. The van der Waals surface area contributed by atoms with E-state index in [1.807, 2.05) is 11.3 Å². The van der Waals surface area contributed by atoms with Gasteiger partial charge in [0, 0.05) is 17.8 Å². The number of anilines is 1. The van der Waals surface area contributed by atoms with Crippen LogP contribution in [0.1, 0.15) is 33.4 Å². The van der Waals surface area contributed by atoms with Gasteiger partial charge in [0.25, 0.3) is 0 Å². The summed E-state index contributed by atoms with van der Waals surface area (Å²) in [6, 6.07) is 13.4. The van der Waals surface area contributed by atoms with Crippen LogP contribution in [0.25, 0.3) is 16.2 Å². The van der Waals surface area contributed by atoms with Crippen molar-refractivity contribution in [3.63, 3.8) is 0 Å². The number of aromatic nitrogens is 2. The molecule has 0 radical (unpaired) electrons. The lowest BCUT2D eigenvalue weighted by Crippen LogP contribution is -2.07. The number of rotatable bonds is 7. The molecule has 0 saturated heterocycles. The van der Waals surface area contributed by atoms with Crippen molar-refractivity contribution in [2.75, 3.05) is 19.0 Å². The topological polar surface area (TPSA) is 85.1 Å². The van der Waals surface area contributed by atoms with E-state index in [0.29, 0.717) is 34.4 Å². The first-order valence-corrected chi connectivity index (χ1v) is 11.1. The second kappa shape index (κ2) is 8.92. The van der Waals surface area contributed by atoms with Gasteiger partial charge in [-0.1, -0.05) is 41.2 Å². The van der Waals surface area contributed by atoms with Crippen molar-refractivity contribution in [1.29, 1.82) is 0 Å². The van der Waals surface area contributed by atoms with Crippen molar-refractivity contribution in [3.05, 3.63) is 64.2 Å². The quantitative estimate of drug-likeness (QED) is 0.377. The van der Waals surface area contributed by atoms with Gasteiger partial charge in [-0.15, -0.1) is 0 Å². The lowest BCUT2D eigenvalue weighted by Gasteiger charge is -2.11. The third kappa shape index (κ3) is 4.01. The minimum absolute atomic E-state index is 0.0622. The molecule has 0 aliphatic heterocycles. The van der Waals surface area contributed by atoms with Crippen LogP contribution in [0.3, 0.4) is 0 Å². The van der Waals surface area contributed by atoms with Gasteiger partial charge in [-0.25, -0.2) is 9.78 Å². The van der Waals surface area contributed by atoms with Gasteiger partial charge in [0.05, 0.1) is 13.7 Å². The molecule has 2 aromatic heterocycles. The zero-order valence-electron chi connectivity index (χ0n) is 18.4. The van der Waals surface area contributed by atoms with Gasteiger partial charge in [-0.3, -0.25) is 4.40 Å². The Morgan fingerprint density at radius 1 is 1.19 bits per heavy atom. The van der Waals surface area contributed by atoms with E-state index in [4.69, 9.17) is 14.5 Å². The summed E-state index contributed by atoms with van der Waals surface area (Å²) in [5.41, 5.74) is 4.59. The second-order valence-electron chi connectivity index (χ2n) is 7.39. The van der Waals surface area contributed by atoms with Crippen LogP contribution < -0.4 is 10.1 Å². The number of aryl methyl sites for hydroxylation is 2. The van der Waals surface area contributed by atoms with Gasteiger partial charge in [0.1, 0.15) is 16.4 Å². The summed E-state index contributed by atoms with van der Waals surface area (Å²) in [7, 11) is 1.51. The molecule has 0 amide bonds. The molecule has 0 fully saturated rings. The van der Waals surface area contributed by atoms with Gasteiger partial charge < -0.3 is 19.9 Å². The number of fused-ring (bicyclic) bond motifs is 1. The molecule has 0 saturated carbocycles. The molecule has 2 N–H and O–H groups in total. The maximum atomic E-state index is 12.4. The third-order valence-electron chi connectivity index (χ3n) is 5.20. The molecule has 2 heterocycles. The summed E-state index contributed by atoms with van der Waals surface area (Å²) < 4.78 is 12.4. The van der Waals surface area contributed by atoms with Crippen LogP contribution >= 0.6 is 11.3 Å². The molecule has 0 spiro atoms. The summed E-state index contributed by atoms with van der Waals surface area (Å²) in [5.74, 6) is 0.843. The highest BCUT2D eigenvalue weighted by atomic mass is 32.1. The number of nitrogens with one attached hydrogen (secondary N) is 1. The number of hydrogen-bond acceptors (Lipinski definition) is 7. The number of phenolic OH excluding ortho intramolecular Hbond substituents is 1. The fourth-order valence-electron chi connectivity index (χ4n) is 3.51. The molecular weight excluding hydrogens is 426 g/mol. The number of methoxy groups -OCH3 is 1. The van der Waals surface area contributed by atoms with Crippen LogP contribution in [-0.2, 0) is 11.3 Å². The summed E-state index contributed by atoms with van der Waals surface area (Å²) in [6.07, 6.45) is 0. The Hall–Kier alpha value is -3.52. The fourth-order valence-corrected chi connectivity index (χ4v) is 4.53. The van der Waals surface area contributed by atoms with Crippen LogP contribution in [0.15, 0.2) is 42.5 Å². The smallest absolute Gasteiger partial charge is 0.350 e. The molecule has 0 bridgehead atoms. The first-order chi connectivity index (χ1) is 15.4. The molecular formula is C24H25N3O4S. The number of imidazole rings is 1. The molecule has 0 unspecified atom stereocenters. The number of aromatic hydroxyl groups is 1. The Bertz CT molecular complexity index is 1270. The molecule has 2 aromatic carbocycles. The standard InChI is InChI=1S/C24H25N3O4S/c1-5-31-23(29)21-15(3)27-22(25-13-16-8-6-14(2)7-9-16)20(26-24(27)32-21)17-10-11-18(28)19(12-17)30-4/h6-12,25,28H,5,13H2,1-4H3. The van der Waals surface area contributed by atoms with E-state index >= 15 is 0 Å². The minimum Gasteiger partial charge on any atom is -0.504 e. The van der Waals surface area contributed by atoms with Gasteiger partial charge in [-0.05, 0) is 44.5 Å². The summed E-state index contributed by atoms with van der Waals surface area (Å²) >= 11 is 1.30. The SMILES string of the molecule is CCOC(=O)c1sc2nc(-c3ccc(O)c(OC)c3)c(NCc3ccc(C)cc3)n2c1C. The van der Waals surface area contributed by atoms with Gasteiger partial charge in [0.15, 0.2) is 16.5 Å². The van der Waals surface area contributed by atoms with Crippen LogP contribution in [0.5, 0.6) is 11.5 Å². The Balaban J connectivity index is 1.82. The number of hydrogen-bond donors (Lipinski definition) is 2. The number of ether oxygens (including phenoxy) is 2. The number of nitrogens with zero attached hydrogens (tertiary/aromatic N) is 2. The van der Waals surface area contributed by atoms with Crippen molar-refractivity contribution in [1.82, 2.24) is 9.38 Å². The molecule has 4 aromatic rings. The number of benzene rings is 2. The highest BCUT2D eigenvalue weighted by molar-refractivity contribution is 7.19. The number of carbonyl (C=O) groups is 1. The van der Waals surface area contributed by atoms with E-state index in [1.165, 1.54) is 24.0 Å². The van der Waals surface area contributed by atoms with Crippen molar-refractivity contribution < 1.29 is 19.4 Å². The van der Waals surface area contributed by atoms with Crippen LogP contribution in [0.4, 0.5) is 5.82 Å². The van der Waals surface area contributed by atoms with Crippen molar-refractivity contribution in [3.8, 4) is 22.8 Å². The lowest BCUT2D eigenvalue weighted by molar-refractivity contribution is 0.0531. The van der Waals surface area contributed by atoms with Gasteiger partial charge in [-0.2, -0.15) is 0 Å². The molecule has 166 valence electrons. The summed E-state index contributed by atoms with van der Waals surface area (Å²) in [4.78, 5) is 18.4. The Morgan fingerprint density at radius 2 is 1.94 bits per heavy atom.